The maximum atomic E-state index is 13.6. The smallest absolute Gasteiger partial charge is 0.217 e. The van der Waals surface area contributed by atoms with Crippen LogP contribution < -0.4 is 10.5 Å². The Hall–Kier alpha value is -1.47. The lowest BCUT2D eigenvalue weighted by Crippen LogP contribution is -2.21. The molecular weight excluding hydrogens is 259 g/mol. The van der Waals surface area contributed by atoms with Crippen LogP contribution in [0.2, 0.25) is 0 Å². The Labute approximate surface area is 105 Å². The van der Waals surface area contributed by atoms with Gasteiger partial charge in [0.15, 0.2) is 0 Å². The van der Waals surface area contributed by atoms with Gasteiger partial charge in [0.05, 0.1) is 6.26 Å². The van der Waals surface area contributed by atoms with Crippen molar-refractivity contribution in [2.45, 2.75) is 19.4 Å². The number of carbonyl (C=O) groups excluding carboxylic acids is 1. The van der Waals surface area contributed by atoms with Gasteiger partial charge in [-0.2, -0.15) is 0 Å². The van der Waals surface area contributed by atoms with Gasteiger partial charge in [-0.3, -0.25) is 4.79 Å². The number of hydrogen-bond acceptors (Lipinski definition) is 3. The SMILES string of the molecule is CS(=O)(=O)NCc1ccc(CCC(N)=O)cc1F. The van der Waals surface area contributed by atoms with Gasteiger partial charge in [-0.1, -0.05) is 12.1 Å². The summed E-state index contributed by atoms with van der Waals surface area (Å²) in [7, 11) is -3.35. The number of rotatable bonds is 6. The fourth-order valence-electron chi connectivity index (χ4n) is 1.37. The summed E-state index contributed by atoms with van der Waals surface area (Å²) in [4.78, 5) is 10.6. The molecular formula is C11H15FN2O3S. The molecule has 1 amide bonds. The number of sulfonamides is 1. The van der Waals surface area contributed by atoms with E-state index in [0.717, 1.165) is 6.26 Å². The van der Waals surface area contributed by atoms with Crippen molar-refractivity contribution < 1.29 is 17.6 Å². The molecule has 0 radical (unpaired) electrons. The van der Waals surface area contributed by atoms with E-state index in [2.05, 4.69) is 4.72 Å². The highest BCUT2D eigenvalue weighted by Crippen LogP contribution is 2.12. The molecule has 0 aliphatic carbocycles. The Kier molecular flexibility index (Phi) is 4.80. The monoisotopic (exact) mass is 274 g/mol. The maximum Gasteiger partial charge on any atom is 0.217 e. The first kappa shape index (κ1) is 14.6. The first-order valence-electron chi connectivity index (χ1n) is 5.28. The van der Waals surface area contributed by atoms with Crippen LogP contribution in [0.5, 0.6) is 0 Å². The molecule has 0 saturated heterocycles. The van der Waals surface area contributed by atoms with Crippen molar-refractivity contribution in [1.29, 1.82) is 0 Å². The Morgan fingerprint density at radius 1 is 1.44 bits per heavy atom. The summed E-state index contributed by atoms with van der Waals surface area (Å²) in [5, 5.41) is 0. The summed E-state index contributed by atoms with van der Waals surface area (Å²) in [5.41, 5.74) is 5.90. The van der Waals surface area contributed by atoms with E-state index in [-0.39, 0.29) is 18.5 Å². The Morgan fingerprint density at radius 3 is 2.61 bits per heavy atom. The predicted molar refractivity (Wildman–Crippen MR) is 65.6 cm³/mol. The number of nitrogens with one attached hydrogen (secondary N) is 1. The van der Waals surface area contributed by atoms with Crippen molar-refractivity contribution in [3.63, 3.8) is 0 Å². The molecule has 0 saturated carbocycles. The van der Waals surface area contributed by atoms with Crippen LogP contribution in [0.4, 0.5) is 4.39 Å². The van der Waals surface area contributed by atoms with Gasteiger partial charge in [0.25, 0.3) is 0 Å². The van der Waals surface area contributed by atoms with E-state index < -0.39 is 21.7 Å². The minimum atomic E-state index is -3.35. The van der Waals surface area contributed by atoms with E-state index >= 15 is 0 Å². The first-order chi connectivity index (χ1) is 8.28. The quantitative estimate of drug-likeness (QED) is 0.781. The van der Waals surface area contributed by atoms with Crippen LogP contribution in [0.3, 0.4) is 0 Å². The molecule has 1 rings (SSSR count). The summed E-state index contributed by atoms with van der Waals surface area (Å²) >= 11 is 0. The zero-order chi connectivity index (χ0) is 13.8. The zero-order valence-electron chi connectivity index (χ0n) is 9.94. The molecule has 0 aromatic heterocycles. The molecule has 0 aliphatic heterocycles. The summed E-state index contributed by atoms with van der Waals surface area (Å²) in [6.07, 6.45) is 1.53. The van der Waals surface area contributed by atoms with E-state index in [1.54, 1.807) is 6.07 Å². The minimum Gasteiger partial charge on any atom is -0.370 e. The van der Waals surface area contributed by atoms with Crippen molar-refractivity contribution in [3.05, 3.63) is 35.1 Å². The fourth-order valence-corrected chi connectivity index (χ4v) is 1.78. The summed E-state index contributed by atoms with van der Waals surface area (Å²) in [6.45, 7) is -0.0965. The third kappa shape index (κ3) is 5.24. The molecule has 1 aromatic carbocycles. The fraction of sp³-hybridized carbons (Fsp3) is 0.364. The summed E-state index contributed by atoms with van der Waals surface area (Å²) in [5.74, 6) is -0.952. The highest BCUT2D eigenvalue weighted by molar-refractivity contribution is 7.88. The Balaban J connectivity index is 2.70. The van der Waals surface area contributed by atoms with Crippen LogP contribution in [-0.2, 0) is 27.8 Å². The summed E-state index contributed by atoms with van der Waals surface area (Å²) < 4.78 is 37.6. The van der Waals surface area contributed by atoms with Crippen LogP contribution in [-0.4, -0.2) is 20.6 Å². The maximum absolute atomic E-state index is 13.6. The number of benzene rings is 1. The standard InChI is InChI=1S/C11H15FN2O3S/c1-18(16,17)14-7-9-4-2-8(6-10(9)12)3-5-11(13)15/h2,4,6,14H,3,5,7H2,1H3,(H2,13,15). The average molecular weight is 274 g/mol. The third-order valence-corrected chi connectivity index (χ3v) is 2.97. The topological polar surface area (TPSA) is 89.3 Å². The van der Waals surface area contributed by atoms with Gasteiger partial charge in [0, 0.05) is 18.5 Å². The van der Waals surface area contributed by atoms with Crippen LogP contribution >= 0.6 is 0 Å². The molecule has 7 heteroatoms. The molecule has 18 heavy (non-hydrogen) atoms. The molecule has 0 aliphatic rings. The van der Waals surface area contributed by atoms with Gasteiger partial charge >= 0.3 is 0 Å². The molecule has 3 N–H and O–H groups in total. The van der Waals surface area contributed by atoms with Gasteiger partial charge in [-0.15, -0.1) is 0 Å². The highest BCUT2D eigenvalue weighted by Gasteiger charge is 2.07. The second-order valence-corrected chi connectivity index (χ2v) is 5.82. The number of amides is 1. The molecule has 1 aromatic rings. The largest absolute Gasteiger partial charge is 0.370 e. The van der Waals surface area contributed by atoms with Gasteiger partial charge in [0.2, 0.25) is 15.9 Å². The number of nitrogens with two attached hydrogens (primary N) is 1. The number of hydrogen-bond donors (Lipinski definition) is 2. The molecule has 0 fully saturated rings. The van der Waals surface area contributed by atoms with E-state index in [1.165, 1.54) is 12.1 Å². The van der Waals surface area contributed by atoms with Crippen molar-refractivity contribution in [2.75, 3.05) is 6.26 Å². The van der Waals surface area contributed by atoms with Crippen molar-refractivity contribution in [1.82, 2.24) is 4.72 Å². The number of carbonyl (C=O) groups is 1. The van der Waals surface area contributed by atoms with Crippen LogP contribution in [0.15, 0.2) is 18.2 Å². The number of primary amides is 1. The molecule has 0 bridgehead atoms. The van der Waals surface area contributed by atoms with Crippen LogP contribution in [0.1, 0.15) is 17.5 Å². The van der Waals surface area contributed by atoms with Crippen LogP contribution in [0, 0.1) is 5.82 Å². The van der Waals surface area contributed by atoms with Gasteiger partial charge < -0.3 is 5.73 Å². The first-order valence-corrected chi connectivity index (χ1v) is 7.17. The van der Waals surface area contributed by atoms with Crippen molar-refractivity contribution in [2.24, 2.45) is 5.73 Å². The lowest BCUT2D eigenvalue weighted by molar-refractivity contribution is -0.117. The molecule has 0 heterocycles. The Bertz CT molecular complexity index is 543. The molecule has 0 spiro atoms. The van der Waals surface area contributed by atoms with Crippen molar-refractivity contribution >= 4 is 15.9 Å². The van der Waals surface area contributed by atoms with Gasteiger partial charge in [0.1, 0.15) is 5.82 Å². The average Bonchev–Trinajstić information content (AvgIpc) is 2.23. The summed E-state index contributed by atoms with van der Waals surface area (Å²) in [6, 6.07) is 4.41. The van der Waals surface area contributed by atoms with E-state index in [1.807, 2.05) is 0 Å². The van der Waals surface area contributed by atoms with E-state index in [0.29, 0.717) is 12.0 Å². The lowest BCUT2D eigenvalue weighted by Gasteiger charge is -2.06. The lowest BCUT2D eigenvalue weighted by atomic mass is 10.1. The molecule has 0 atom stereocenters. The molecule has 5 nitrogen and oxygen atoms in total. The molecule has 100 valence electrons. The predicted octanol–water partition coefficient (Wildman–Crippen LogP) is 0.293. The number of aryl methyl sites for hydroxylation is 1. The molecule has 0 unspecified atom stereocenters. The number of halogens is 1. The Morgan fingerprint density at radius 2 is 2.11 bits per heavy atom. The van der Waals surface area contributed by atoms with E-state index in [4.69, 9.17) is 5.73 Å². The minimum absolute atomic E-state index is 0.0965. The third-order valence-electron chi connectivity index (χ3n) is 2.30. The van der Waals surface area contributed by atoms with E-state index in [9.17, 15) is 17.6 Å². The van der Waals surface area contributed by atoms with Gasteiger partial charge in [-0.05, 0) is 18.1 Å². The highest BCUT2D eigenvalue weighted by atomic mass is 32.2. The van der Waals surface area contributed by atoms with Crippen LogP contribution in [0.25, 0.3) is 0 Å². The van der Waals surface area contributed by atoms with Crippen molar-refractivity contribution in [3.8, 4) is 0 Å². The van der Waals surface area contributed by atoms with Gasteiger partial charge in [-0.25, -0.2) is 17.5 Å². The normalized spacial score (nSPS) is 11.4. The second-order valence-electron chi connectivity index (χ2n) is 3.99. The zero-order valence-corrected chi connectivity index (χ0v) is 10.8. The second kappa shape index (κ2) is 5.92.